The summed E-state index contributed by atoms with van der Waals surface area (Å²) in [6.45, 7) is 0. The number of nitrogens with one attached hydrogen (secondary N) is 1. The van der Waals surface area contributed by atoms with Gasteiger partial charge in [0.05, 0.1) is 11.0 Å². The SMILES string of the molecule is c1ccc(Nc2ccc(-c3ccc(N(c4ccccc4)c4ccc5c(c4)c4ccc6ccccc6c4n5-c4ccc(-c5ccccc5)cc4)cc3)cc2)cc1. The molecule has 3 heteroatoms. The van der Waals surface area contributed by atoms with Gasteiger partial charge in [0.15, 0.2) is 0 Å². The summed E-state index contributed by atoms with van der Waals surface area (Å²) in [5.41, 5.74) is 13.8. The highest BCUT2D eigenvalue weighted by atomic mass is 15.1. The van der Waals surface area contributed by atoms with Gasteiger partial charge in [-0.05, 0) is 107 Å². The van der Waals surface area contributed by atoms with Gasteiger partial charge < -0.3 is 14.8 Å². The molecule has 0 aliphatic heterocycles. The van der Waals surface area contributed by atoms with Gasteiger partial charge in [-0.1, -0.05) is 140 Å². The summed E-state index contributed by atoms with van der Waals surface area (Å²) in [6, 6.07) is 78.2. The molecule has 10 aromatic rings. The maximum absolute atomic E-state index is 3.49. The van der Waals surface area contributed by atoms with Crippen LogP contribution in [-0.4, -0.2) is 4.57 Å². The number of nitrogens with zero attached hydrogens (tertiary/aromatic N) is 2. The number of para-hydroxylation sites is 2. The van der Waals surface area contributed by atoms with Crippen LogP contribution in [0.5, 0.6) is 0 Å². The highest BCUT2D eigenvalue weighted by Gasteiger charge is 2.19. The van der Waals surface area contributed by atoms with Crippen LogP contribution in [0.15, 0.2) is 218 Å². The van der Waals surface area contributed by atoms with E-state index in [2.05, 4.69) is 215 Å². The lowest BCUT2D eigenvalue weighted by Gasteiger charge is -2.26. The number of hydrogen-bond acceptors (Lipinski definition) is 2. The lowest BCUT2D eigenvalue weighted by Crippen LogP contribution is -2.09. The van der Waals surface area contributed by atoms with Crippen molar-refractivity contribution in [2.45, 2.75) is 0 Å². The Kier molecular flexibility index (Phi) is 8.16. The van der Waals surface area contributed by atoms with E-state index in [-0.39, 0.29) is 0 Å². The van der Waals surface area contributed by atoms with Crippen LogP contribution in [0.4, 0.5) is 28.4 Å². The average molecular weight is 704 g/mol. The molecule has 0 fully saturated rings. The van der Waals surface area contributed by atoms with Crippen LogP contribution in [0.2, 0.25) is 0 Å². The fourth-order valence-corrected chi connectivity index (χ4v) is 7.87. The van der Waals surface area contributed by atoms with Crippen molar-refractivity contribution in [1.82, 2.24) is 4.57 Å². The maximum Gasteiger partial charge on any atom is 0.0619 e. The van der Waals surface area contributed by atoms with Crippen LogP contribution in [0.25, 0.3) is 60.5 Å². The zero-order valence-corrected chi connectivity index (χ0v) is 30.2. The van der Waals surface area contributed by atoms with Crippen LogP contribution >= 0.6 is 0 Å². The van der Waals surface area contributed by atoms with Crippen LogP contribution in [0.1, 0.15) is 0 Å². The summed E-state index contributed by atoms with van der Waals surface area (Å²) in [5, 5.41) is 8.40. The largest absolute Gasteiger partial charge is 0.356 e. The number of anilines is 5. The standard InChI is InChI=1S/C52H37N3/c1-4-12-37(13-5-1)39-24-31-46(32-25-39)55-51-35-33-47(36-50(51)49-34-26-41-14-10-11-19-48(41)52(49)55)54(44-17-8-3-9-18-44)45-29-22-40(23-30-45)38-20-27-43(28-21-38)53-42-15-6-2-7-16-42/h1-36,53H. The highest BCUT2D eigenvalue weighted by molar-refractivity contribution is 6.19. The molecule has 0 aliphatic rings. The Labute approximate surface area is 321 Å². The van der Waals surface area contributed by atoms with Gasteiger partial charge in [-0.25, -0.2) is 0 Å². The molecule has 9 aromatic carbocycles. The van der Waals surface area contributed by atoms with Crippen molar-refractivity contribution < 1.29 is 0 Å². The molecule has 0 unspecified atom stereocenters. The van der Waals surface area contributed by atoms with Gasteiger partial charge >= 0.3 is 0 Å². The predicted octanol–water partition coefficient (Wildman–Crippen LogP) is 14.5. The quantitative estimate of drug-likeness (QED) is 0.170. The van der Waals surface area contributed by atoms with Crippen molar-refractivity contribution in [1.29, 1.82) is 0 Å². The lowest BCUT2D eigenvalue weighted by atomic mass is 10.0. The normalized spacial score (nSPS) is 11.3. The number of fused-ring (bicyclic) bond motifs is 5. The van der Waals surface area contributed by atoms with Crippen molar-refractivity contribution in [3.63, 3.8) is 0 Å². The van der Waals surface area contributed by atoms with Crippen molar-refractivity contribution >= 4 is 61.0 Å². The maximum atomic E-state index is 3.49. The van der Waals surface area contributed by atoms with E-state index in [1.807, 2.05) is 18.2 Å². The number of hydrogen-bond donors (Lipinski definition) is 1. The van der Waals surface area contributed by atoms with Gasteiger partial charge in [-0.3, -0.25) is 0 Å². The summed E-state index contributed by atoms with van der Waals surface area (Å²) >= 11 is 0. The van der Waals surface area contributed by atoms with E-state index < -0.39 is 0 Å². The lowest BCUT2D eigenvalue weighted by molar-refractivity contribution is 1.18. The van der Waals surface area contributed by atoms with Gasteiger partial charge in [-0.15, -0.1) is 0 Å². The molecule has 1 aromatic heterocycles. The molecular formula is C52H37N3. The van der Waals surface area contributed by atoms with E-state index in [4.69, 9.17) is 0 Å². The molecule has 0 bridgehead atoms. The minimum atomic E-state index is 1.07. The Balaban J connectivity index is 1.06. The molecule has 260 valence electrons. The van der Waals surface area contributed by atoms with E-state index in [0.717, 1.165) is 34.1 Å². The van der Waals surface area contributed by atoms with E-state index >= 15 is 0 Å². The molecule has 0 atom stereocenters. The third kappa shape index (κ3) is 6.08. The summed E-state index contributed by atoms with van der Waals surface area (Å²) in [5.74, 6) is 0. The van der Waals surface area contributed by atoms with Crippen molar-refractivity contribution in [2.24, 2.45) is 0 Å². The summed E-state index contributed by atoms with van der Waals surface area (Å²) in [7, 11) is 0. The summed E-state index contributed by atoms with van der Waals surface area (Å²) in [4.78, 5) is 2.36. The van der Waals surface area contributed by atoms with Gasteiger partial charge in [0.2, 0.25) is 0 Å². The topological polar surface area (TPSA) is 20.2 Å². The van der Waals surface area contributed by atoms with Crippen LogP contribution < -0.4 is 10.2 Å². The van der Waals surface area contributed by atoms with E-state index in [1.54, 1.807) is 0 Å². The fourth-order valence-electron chi connectivity index (χ4n) is 7.87. The molecule has 0 radical (unpaired) electrons. The van der Waals surface area contributed by atoms with Gasteiger partial charge in [0, 0.05) is 50.3 Å². The zero-order valence-electron chi connectivity index (χ0n) is 30.2. The molecular weight excluding hydrogens is 667 g/mol. The smallest absolute Gasteiger partial charge is 0.0619 e. The second-order valence-corrected chi connectivity index (χ2v) is 13.9. The van der Waals surface area contributed by atoms with Gasteiger partial charge in [-0.2, -0.15) is 0 Å². The Bertz CT molecular complexity index is 2900. The van der Waals surface area contributed by atoms with E-state index in [9.17, 15) is 0 Å². The minimum Gasteiger partial charge on any atom is -0.356 e. The Hall–Kier alpha value is -7.36. The second-order valence-electron chi connectivity index (χ2n) is 13.9. The first-order valence-corrected chi connectivity index (χ1v) is 18.8. The Morgan fingerprint density at radius 1 is 0.345 bits per heavy atom. The second kappa shape index (κ2) is 13.9. The summed E-state index contributed by atoms with van der Waals surface area (Å²) < 4.78 is 2.44. The van der Waals surface area contributed by atoms with Crippen molar-refractivity contribution in [2.75, 3.05) is 10.2 Å². The molecule has 0 aliphatic carbocycles. The number of aromatic nitrogens is 1. The van der Waals surface area contributed by atoms with Crippen molar-refractivity contribution in [3.05, 3.63) is 218 Å². The third-order valence-electron chi connectivity index (χ3n) is 10.5. The molecule has 1 N–H and O–H groups in total. The average Bonchev–Trinajstić information content (AvgIpc) is 3.60. The molecule has 0 amide bonds. The molecule has 55 heavy (non-hydrogen) atoms. The molecule has 0 saturated carbocycles. The number of benzene rings is 9. The van der Waals surface area contributed by atoms with E-state index in [1.165, 1.54) is 54.8 Å². The zero-order chi connectivity index (χ0) is 36.6. The highest BCUT2D eigenvalue weighted by Crippen LogP contribution is 2.42. The first-order chi connectivity index (χ1) is 27.3. The molecule has 0 spiro atoms. The Morgan fingerprint density at radius 2 is 0.873 bits per heavy atom. The number of rotatable bonds is 8. The predicted molar refractivity (Wildman–Crippen MR) is 234 cm³/mol. The Morgan fingerprint density at radius 3 is 1.58 bits per heavy atom. The molecule has 3 nitrogen and oxygen atoms in total. The van der Waals surface area contributed by atoms with Crippen LogP contribution in [0, 0.1) is 0 Å². The van der Waals surface area contributed by atoms with Crippen LogP contribution in [-0.2, 0) is 0 Å². The minimum absolute atomic E-state index is 1.07. The molecule has 10 rings (SSSR count). The van der Waals surface area contributed by atoms with Crippen molar-refractivity contribution in [3.8, 4) is 27.9 Å². The van der Waals surface area contributed by atoms with E-state index in [0.29, 0.717) is 0 Å². The fraction of sp³-hybridized carbons (Fsp3) is 0. The van der Waals surface area contributed by atoms with Gasteiger partial charge in [0.1, 0.15) is 0 Å². The first kappa shape index (κ1) is 32.3. The molecule has 0 saturated heterocycles. The van der Waals surface area contributed by atoms with Crippen LogP contribution in [0.3, 0.4) is 0 Å². The summed E-state index contributed by atoms with van der Waals surface area (Å²) in [6.07, 6.45) is 0. The monoisotopic (exact) mass is 703 g/mol. The van der Waals surface area contributed by atoms with Gasteiger partial charge in [0.25, 0.3) is 0 Å². The third-order valence-corrected chi connectivity index (χ3v) is 10.5. The molecule has 1 heterocycles. The first-order valence-electron chi connectivity index (χ1n) is 18.8.